The molecule has 0 saturated carbocycles. The highest BCUT2D eigenvalue weighted by molar-refractivity contribution is 9.10. The molecule has 3 aromatic rings. The number of halogens is 1. The number of hydrogen-bond acceptors (Lipinski definition) is 4. The molecule has 150 valence electrons. The molecule has 0 saturated heterocycles. The molecular weight excluding hydrogens is 446 g/mol. The molecule has 6 heteroatoms. The van der Waals surface area contributed by atoms with Gasteiger partial charge in [-0.2, -0.15) is 0 Å². The van der Waals surface area contributed by atoms with E-state index in [0.29, 0.717) is 27.8 Å². The van der Waals surface area contributed by atoms with E-state index in [1.165, 1.54) is 4.90 Å². The van der Waals surface area contributed by atoms with Gasteiger partial charge >= 0.3 is 5.97 Å². The van der Waals surface area contributed by atoms with Crippen LogP contribution in [0.1, 0.15) is 33.6 Å². The van der Waals surface area contributed by atoms with Crippen molar-refractivity contribution in [2.45, 2.75) is 12.8 Å². The Morgan fingerprint density at radius 2 is 1.47 bits per heavy atom. The Balaban J connectivity index is 1.33. The Labute approximate surface area is 182 Å². The second-order valence-electron chi connectivity index (χ2n) is 6.90. The zero-order chi connectivity index (χ0) is 21.1. The van der Waals surface area contributed by atoms with Crippen LogP contribution >= 0.6 is 15.9 Å². The summed E-state index contributed by atoms with van der Waals surface area (Å²) in [6.07, 6.45) is 0.435. The lowest BCUT2D eigenvalue weighted by Gasteiger charge is -2.13. The highest BCUT2D eigenvalue weighted by Gasteiger charge is 2.34. The number of rotatable bonds is 6. The SMILES string of the molecule is O=C(CCCN1C(=O)c2ccccc2C1=O)Oc1ccc(-c2ccccc2)cc1Br. The average molecular weight is 464 g/mol. The lowest BCUT2D eigenvalue weighted by Crippen LogP contribution is -2.31. The van der Waals surface area contributed by atoms with Gasteiger partial charge in [0.1, 0.15) is 5.75 Å². The number of amides is 2. The van der Waals surface area contributed by atoms with Gasteiger partial charge in [-0.1, -0.05) is 48.5 Å². The number of esters is 1. The predicted octanol–water partition coefficient (Wildman–Crippen LogP) is 5.10. The summed E-state index contributed by atoms with van der Waals surface area (Å²) in [4.78, 5) is 38.1. The van der Waals surface area contributed by atoms with Gasteiger partial charge in [0.25, 0.3) is 11.8 Å². The van der Waals surface area contributed by atoms with Gasteiger partial charge in [-0.15, -0.1) is 0 Å². The maximum absolute atomic E-state index is 12.4. The molecule has 0 radical (unpaired) electrons. The first kappa shape index (κ1) is 20.0. The van der Waals surface area contributed by atoms with Crippen LogP contribution in [0.15, 0.2) is 77.3 Å². The van der Waals surface area contributed by atoms with E-state index in [-0.39, 0.29) is 24.8 Å². The smallest absolute Gasteiger partial charge is 0.311 e. The number of imide groups is 1. The third-order valence-electron chi connectivity index (χ3n) is 4.90. The molecular formula is C24H18BrNO4. The Kier molecular flexibility index (Phi) is 5.77. The maximum atomic E-state index is 12.4. The quantitative estimate of drug-likeness (QED) is 0.289. The normalized spacial score (nSPS) is 12.8. The van der Waals surface area contributed by atoms with E-state index in [2.05, 4.69) is 15.9 Å². The number of carbonyl (C=O) groups is 3. The van der Waals surface area contributed by atoms with Gasteiger partial charge in [0.15, 0.2) is 0 Å². The summed E-state index contributed by atoms with van der Waals surface area (Å²) in [5, 5.41) is 0. The largest absolute Gasteiger partial charge is 0.425 e. The van der Waals surface area contributed by atoms with E-state index in [1.54, 1.807) is 30.3 Å². The second-order valence-corrected chi connectivity index (χ2v) is 7.75. The zero-order valence-electron chi connectivity index (χ0n) is 16.0. The highest BCUT2D eigenvalue weighted by Crippen LogP contribution is 2.31. The van der Waals surface area contributed by atoms with Crippen LogP contribution in [0.2, 0.25) is 0 Å². The molecule has 1 aliphatic heterocycles. The van der Waals surface area contributed by atoms with Crippen LogP contribution in [-0.4, -0.2) is 29.2 Å². The van der Waals surface area contributed by atoms with Crippen molar-refractivity contribution in [3.8, 4) is 16.9 Å². The molecule has 1 aliphatic rings. The first-order chi connectivity index (χ1) is 14.5. The third kappa shape index (κ3) is 4.04. The molecule has 2 amide bonds. The number of fused-ring (bicyclic) bond motifs is 1. The molecule has 5 nitrogen and oxygen atoms in total. The fraction of sp³-hybridized carbons (Fsp3) is 0.125. The predicted molar refractivity (Wildman–Crippen MR) is 116 cm³/mol. The van der Waals surface area contributed by atoms with E-state index in [9.17, 15) is 14.4 Å². The van der Waals surface area contributed by atoms with Gasteiger partial charge in [0, 0.05) is 13.0 Å². The molecule has 30 heavy (non-hydrogen) atoms. The molecule has 0 spiro atoms. The van der Waals surface area contributed by atoms with Crippen molar-refractivity contribution >= 4 is 33.7 Å². The van der Waals surface area contributed by atoms with E-state index in [4.69, 9.17) is 4.74 Å². The third-order valence-corrected chi connectivity index (χ3v) is 5.52. The molecule has 0 aliphatic carbocycles. The van der Waals surface area contributed by atoms with Crippen LogP contribution in [0, 0.1) is 0 Å². The van der Waals surface area contributed by atoms with Gasteiger partial charge in [0.05, 0.1) is 15.6 Å². The van der Waals surface area contributed by atoms with E-state index in [1.807, 2.05) is 42.5 Å². The van der Waals surface area contributed by atoms with Gasteiger partial charge < -0.3 is 4.74 Å². The van der Waals surface area contributed by atoms with Crippen molar-refractivity contribution in [3.63, 3.8) is 0 Å². The van der Waals surface area contributed by atoms with Crippen LogP contribution in [0.3, 0.4) is 0 Å². The fourth-order valence-electron chi connectivity index (χ4n) is 3.39. The number of hydrogen-bond donors (Lipinski definition) is 0. The maximum Gasteiger partial charge on any atom is 0.311 e. The molecule has 0 atom stereocenters. The van der Waals surface area contributed by atoms with Crippen molar-refractivity contribution in [3.05, 3.63) is 88.4 Å². The van der Waals surface area contributed by atoms with Crippen LogP contribution in [-0.2, 0) is 4.79 Å². The summed E-state index contributed by atoms with van der Waals surface area (Å²) in [5.74, 6) is -0.619. The van der Waals surface area contributed by atoms with Crippen molar-refractivity contribution < 1.29 is 19.1 Å². The van der Waals surface area contributed by atoms with Crippen molar-refractivity contribution in [2.75, 3.05) is 6.54 Å². The summed E-state index contributed by atoms with van der Waals surface area (Å²) in [5.41, 5.74) is 2.89. The topological polar surface area (TPSA) is 63.7 Å². The molecule has 4 rings (SSSR count). The first-order valence-corrected chi connectivity index (χ1v) is 10.3. The Bertz CT molecular complexity index is 1090. The number of carbonyl (C=O) groups excluding carboxylic acids is 3. The highest BCUT2D eigenvalue weighted by atomic mass is 79.9. The van der Waals surface area contributed by atoms with Gasteiger partial charge in [-0.3, -0.25) is 19.3 Å². The second kappa shape index (κ2) is 8.63. The Morgan fingerprint density at radius 1 is 0.833 bits per heavy atom. The van der Waals surface area contributed by atoms with E-state index >= 15 is 0 Å². The van der Waals surface area contributed by atoms with Crippen LogP contribution in [0.4, 0.5) is 0 Å². The minimum absolute atomic E-state index is 0.0975. The van der Waals surface area contributed by atoms with Gasteiger partial charge in [-0.25, -0.2) is 0 Å². The average Bonchev–Trinajstić information content (AvgIpc) is 3.01. The van der Waals surface area contributed by atoms with E-state index in [0.717, 1.165) is 11.1 Å². The summed E-state index contributed by atoms with van der Waals surface area (Å²) in [7, 11) is 0. The van der Waals surface area contributed by atoms with Crippen LogP contribution in [0.5, 0.6) is 5.75 Å². The minimum Gasteiger partial charge on any atom is -0.425 e. The lowest BCUT2D eigenvalue weighted by atomic mass is 10.1. The molecule has 1 heterocycles. The molecule has 0 fully saturated rings. The van der Waals surface area contributed by atoms with Crippen LogP contribution < -0.4 is 4.74 Å². The van der Waals surface area contributed by atoms with Crippen molar-refractivity contribution in [1.82, 2.24) is 4.90 Å². The Morgan fingerprint density at radius 3 is 2.10 bits per heavy atom. The standard InChI is InChI=1S/C24H18BrNO4/c25-20-15-17(16-7-2-1-3-8-16)12-13-21(20)30-22(27)11-6-14-26-23(28)18-9-4-5-10-19(18)24(26)29/h1-5,7-10,12-13,15H,6,11,14H2. The summed E-state index contributed by atoms with van der Waals surface area (Å²) in [6.45, 7) is 0.176. The minimum atomic E-state index is -0.417. The number of nitrogens with zero attached hydrogens (tertiary/aromatic N) is 1. The lowest BCUT2D eigenvalue weighted by molar-refractivity contribution is -0.134. The molecule has 0 bridgehead atoms. The summed E-state index contributed by atoms with van der Waals surface area (Å²) in [6, 6.07) is 22.2. The summed E-state index contributed by atoms with van der Waals surface area (Å²) < 4.78 is 6.12. The molecule has 3 aromatic carbocycles. The molecule has 0 unspecified atom stereocenters. The van der Waals surface area contributed by atoms with Crippen LogP contribution in [0.25, 0.3) is 11.1 Å². The number of ether oxygens (including phenoxy) is 1. The first-order valence-electron chi connectivity index (χ1n) is 9.55. The van der Waals surface area contributed by atoms with Crippen molar-refractivity contribution in [2.24, 2.45) is 0 Å². The zero-order valence-corrected chi connectivity index (χ0v) is 17.6. The van der Waals surface area contributed by atoms with Gasteiger partial charge in [0.2, 0.25) is 0 Å². The van der Waals surface area contributed by atoms with Gasteiger partial charge in [-0.05, 0) is 57.7 Å². The monoisotopic (exact) mass is 463 g/mol. The summed E-state index contributed by atoms with van der Waals surface area (Å²) >= 11 is 3.45. The van der Waals surface area contributed by atoms with E-state index < -0.39 is 5.97 Å². The number of benzene rings is 3. The fourth-order valence-corrected chi connectivity index (χ4v) is 3.85. The molecule has 0 aromatic heterocycles. The molecule has 0 N–H and O–H groups in total. The van der Waals surface area contributed by atoms with Crippen molar-refractivity contribution in [1.29, 1.82) is 0 Å². The Hall–Kier alpha value is -3.25.